The zero-order valence-corrected chi connectivity index (χ0v) is 10.2. The number of amides is 2. The second-order valence-corrected chi connectivity index (χ2v) is 4.10. The molecule has 2 N–H and O–H groups in total. The molecule has 1 heterocycles. The zero-order valence-electron chi connectivity index (χ0n) is 10.2. The molecule has 0 aromatic heterocycles. The molecule has 2 amide bonds. The fraction of sp³-hybridized carbons (Fsp3) is 0.333. The van der Waals surface area contributed by atoms with Gasteiger partial charge >= 0.3 is 6.18 Å². The van der Waals surface area contributed by atoms with Crippen LogP contribution in [-0.4, -0.2) is 37.7 Å². The number of nitrogens with one attached hydrogen (secondary N) is 2. The van der Waals surface area contributed by atoms with E-state index in [-0.39, 0.29) is 30.0 Å². The molecule has 108 valence electrons. The van der Waals surface area contributed by atoms with Crippen LogP contribution in [0.15, 0.2) is 18.2 Å². The average Bonchev–Trinajstić information content (AvgIpc) is 2.64. The third kappa shape index (κ3) is 3.27. The Hall–Kier alpha value is -2.09. The Morgan fingerprint density at radius 2 is 1.95 bits per heavy atom. The molecule has 1 aromatic rings. The number of ether oxygens (including phenoxy) is 1. The van der Waals surface area contributed by atoms with Crippen LogP contribution >= 0.6 is 0 Å². The molecule has 0 fully saturated rings. The summed E-state index contributed by atoms with van der Waals surface area (Å²) in [6.07, 6.45) is -4.28. The third-order valence-corrected chi connectivity index (χ3v) is 2.59. The molecular weight excluding hydrogens is 277 g/mol. The first-order valence-corrected chi connectivity index (χ1v) is 5.77. The number of rotatable bonds is 5. The molecule has 0 radical (unpaired) electrons. The maximum atomic E-state index is 11.9. The lowest BCUT2D eigenvalue weighted by atomic mass is 10.1. The van der Waals surface area contributed by atoms with Crippen molar-refractivity contribution < 1.29 is 27.5 Å². The van der Waals surface area contributed by atoms with Crippen LogP contribution in [0.2, 0.25) is 0 Å². The summed E-state index contributed by atoms with van der Waals surface area (Å²) in [6, 6.07) is 4.50. The molecule has 0 unspecified atom stereocenters. The van der Waals surface area contributed by atoms with Crippen molar-refractivity contribution in [3.05, 3.63) is 29.3 Å². The van der Waals surface area contributed by atoms with Gasteiger partial charge in [-0.2, -0.15) is 13.2 Å². The highest BCUT2D eigenvalue weighted by Gasteiger charge is 2.30. The van der Waals surface area contributed by atoms with Gasteiger partial charge < -0.3 is 10.1 Å². The van der Waals surface area contributed by atoms with Crippen molar-refractivity contribution in [3.63, 3.8) is 0 Å². The van der Waals surface area contributed by atoms with Gasteiger partial charge in [0.1, 0.15) is 12.4 Å². The van der Waals surface area contributed by atoms with Gasteiger partial charge in [-0.3, -0.25) is 14.9 Å². The molecular formula is C12H11F3N2O3. The minimum Gasteiger partial charge on any atom is -0.491 e. The monoisotopic (exact) mass is 288 g/mol. The van der Waals surface area contributed by atoms with Crippen molar-refractivity contribution in [2.45, 2.75) is 6.18 Å². The lowest BCUT2D eigenvalue weighted by Crippen LogP contribution is -2.31. The first-order chi connectivity index (χ1) is 9.38. The normalized spacial score (nSPS) is 14.2. The van der Waals surface area contributed by atoms with E-state index in [2.05, 4.69) is 10.6 Å². The summed E-state index contributed by atoms with van der Waals surface area (Å²) in [4.78, 5) is 22.9. The number of carbonyl (C=O) groups is 2. The third-order valence-electron chi connectivity index (χ3n) is 2.59. The molecule has 0 atom stereocenters. The van der Waals surface area contributed by atoms with Gasteiger partial charge in [0, 0.05) is 6.54 Å². The molecule has 20 heavy (non-hydrogen) atoms. The van der Waals surface area contributed by atoms with E-state index in [9.17, 15) is 22.8 Å². The fourth-order valence-corrected chi connectivity index (χ4v) is 1.77. The second kappa shape index (κ2) is 5.49. The average molecular weight is 288 g/mol. The zero-order chi connectivity index (χ0) is 14.8. The Morgan fingerprint density at radius 1 is 1.20 bits per heavy atom. The van der Waals surface area contributed by atoms with Gasteiger partial charge in [-0.25, -0.2) is 0 Å². The summed E-state index contributed by atoms with van der Waals surface area (Å²) < 4.78 is 40.9. The first kappa shape index (κ1) is 14.3. The lowest BCUT2D eigenvalue weighted by Gasteiger charge is -2.10. The minimum absolute atomic E-state index is 0.0290. The second-order valence-electron chi connectivity index (χ2n) is 4.10. The summed E-state index contributed by atoms with van der Waals surface area (Å²) in [5.74, 6) is -0.894. The van der Waals surface area contributed by atoms with Crippen LogP contribution in [-0.2, 0) is 0 Å². The summed E-state index contributed by atoms with van der Waals surface area (Å²) >= 11 is 0. The number of carbonyl (C=O) groups excluding carboxylic acids is 2. The SMILES string of the molecule is O=C1NC(=O)c2c(OCCNCC(F)(F)F)cccc21. The molecule has 0 aliphatic carbocycles. The van der Waals surface area contributed by atoms with E-state index in [1.165, 1.54) is 18.2 Å². The predicted octanol–water partition coefficient (Wildman–Crippen LogP) is 1.10. The first-order valence-electron chi connectivity index (χ1n) is 5.77. The van der Waals surface area contributed by atoms with Crippen LogP contribution < -0.4 is 15.4 Å². The van der Waals surface area contributed by atoms with E-state index >= 15 is 0 Å². The van der Waals surface area contributed by atoms with E-state index in [0.29, 0.717) is 0 Å². The van der Waals surface area contributed by atoms with Gasteiger partial charge in [-0.1, -0.05) is 6.07 Å². The Morgan fingerprint density at radius 3 is 2.65 bits per heavy atom. The predicted molar refractivity (Wildman–Crippen MR) is 62.7 cm³/mol. The number of hydrogen-bond acceptors (Lipinski definition) is 4. The quantitative estimate of drug-likeness (QED) is 0.629. The van der Waals surface area contributed by atoms with Crippen LogP contribution in [0, 0.1) is 0 Å². The topological polar surface area (TPSA) is 67.4 Å². The van der Waals surface area contributed by atoms with Gasteiger partial charge in [-0.05, 0) is 12.1 Å². The molecule has 2 rings (SSSR count). The molecule has 0 saturated carbocycles. The van der Waals surface area contributed by atoms with Gasteiger partial charge in [0.2, 0.25) is 0 Å². The van der Waals surface area contributed by atoms with E-state index < -0.39 is 24.5 Å². The highest BCUT2D eigenvalue weighted by Crippen LogP contribution is 2.26. The maximum absolute atomic E-state index is 11.9. The van der Waals surface area contributed by atoms with Crippen LogP contribution in [0.4, 0.5) is 13.2 Å². The molecule has 8 heteroatoms. The molecule has 5 nitrogen and oxygen atoms in total. The summed E-state index contributed by atoms with van der Waals surface area (Å²) in [6.45, 7) is -1.19. The largest absolute Gasteiger partial charge is 0.491 e. The summed E-state index contributed by atoms with van der Waals surface area (Å²) in [5, 5.41) is 4.29. The van der Waals surface area contributed by atoms with Crippen molar-refractivity contribution in [1.29, 1.82) is 0 Å². The number of imide groups is 1. The van der Waals surface area contributed by atoms with Crippen LogP contribution in [0.1, 0.15) is 20.7 Å². The fourth-order valence-electron chi connectivity index (χ4n) is 1.77. The van der Waals surface area contributed by atoms with Crippen molar-refractivity contribution in [2.24, 2.45) is 0 Å². The van der Waals surface area contributed by atoms with Crippen molar-refractivity contribution in [1.82, 2.24) is 10.6 Å². The van der Waals surface area contributed by atoms with E-state index in [1.54, 1.807) is 0 Å². The highest BCUT2D eigenvalue weighted by atomic mass is 19.4. The molecule has 1 aromatic carbocycles. The van der Waals surface area contributed by atoms with Crippen LogP contribution in [0.3, 0.4) is 0 Å². The molecule has 0 bridgehead atoms. The van der Waals surface area contributed by atoms with Crippen LogP contribution in [0.5, 0.6) is 5.75 Å². The molecule has 0 spiro atoms. The van der Waals surface area contributed by atoms with E-state index in [1.807, 2.05) is 0 Å². The Labute approximate surface area is 112 Å². The number of halogens is 3. The van der Waals surface area contributed by atoms with Gasteiger partial charge in [0.15, 0.2) is 0 Å². The Kier molecular flexibility index (Phi) is 3.93. The molecule has 0 saturated heterocycles. The number of benzene rings is 1. The van der Waals surface area contributed by atoms with Crippen molar-refractivity contribution in [3.8, 4) is 5.75 Å². The summed E-state index contributed by atoms with van der Waals surface area (Å²) in [5.41, 5.74) is 0.323. The van der Waals surface area contributed by atoms with Gasteiger partial charge in [-0.15, -0.1) is 0 Å². The van der Waals surface area contributed by atoms with Gasteiger partial charge in [0.05, 0.1) is 17.7 Å². The van der Waals surface area contributed by atoms with E-state index in [0.717, 1.165) is 0 Å². The molecule has 1 aliphatic rings. The number of hydrogen-bond donors (Lipinski definition) is 2. The summed E-state index contributed by atoms with van der Waals surface area (Å²) in [7, 11) is 0. The van der Waals surface area contributed by atoms with Crippen molar-refractivity contribution in [2.75, 3.05) is 19.7 Å². The number of alkyl halides is 3. The van der Waals surface area contributed by atoms with Crippen molar-refractivity contribution >= 4 is 11.8 Å². The van der Waals surface area contributed by atoms with Crippen LogP contribution in [0.25, 0.3) is 0 Å². The smallest absolute Gasteiger partial charge is 0.401 e. The minimum atomic E-state index is -4.28. The number of fused-ring (bicyclic) bond motifs is 1. The Bertz CT molecular complexity index is 543. The Balaban J connectivity index is 1.92. The molecule has 1 aliphatic heterocycles. The van der Waals surface area contributed by atoms with E-state index in [4.69, 9.17) is 4.74 Å². The van der Waals surface area contributed by atoms with Gasteiger partial charge in [0.25, 0.3) is 11.8 Å². The standard InChI is InChI=1S/C12H11F3N2O3/c13-12(14,15)6-16-4-5-20-8-3-1-2-7-9(8)11(19)17-10(7)18/h1-3,16H,4-6H2,(H,17,18,19). The highest BCUT2D eigenvalue weighted by molar-refractivity contribution is 6.22. The maximum Gasteiger partial charge on any atom is 0.401 e. The lowest BCUT2D eigenvalue weighted by molar-refractivity contribution is -0.124.